The van der Waals surface area contributed by atoms with Gasteiger partial charge in [0.2, 0.25) is 5.69 Å². The van der Waals surface area contributed by atoms with Crippen molar-refractivity contribution in [2.75, 3.05) is 37.7 Å². The van der Waals surface area contributed by atoms with Gasteiger partial charge in [-0.15, -0.1) is 4.58 Å². The van der Waals surface area contributed by atoms with Gasteiger partial charge in [-0.25, -0.2) is 4.90 Å². The molecule has 0 spiro atoms. The number of ether oxygens (including phenoxy) is 3. The molecule has 2 aromatic rings. The maximum Gasteiger partial charge on any atom is 0.379 e. The van der Waals surface area contributed by atoms with E-state index in [9.17, 15) is 4.79 Å². The summed E-state index contributed by atoms with van der Waals surface area (Å²) < 4.78 is 21.5. The summed E-state index contributed by atoms with van der Waals surface area (Å²) >= 11 is 0. The largest absolute Gasteiger partial charge is 0.486 e. The van der Waals surface area contributed by atoms with Crippen molar-refractivity contribution in [3.8, 4) is 11.5 Å². The van der Waals surface area contributed by atoms with Crippen LogP contribution in [0.2, 0.25) is 0 Å². The molecule has 0 aliphatic carbocycles. The van der Waals surface area contributed by atoms with E-state index in [1.165, 1.54) is 50.2 Å². The minimum atomic E-state index is -0.725. The SMILES string of the molecule is CC1(C)C2=C3C=C4C5=[N+](CCCCCC(=O)O)c6cc7c(cc6[NH+]5CCC4OC3CCN2c2ccccc21)OCCO7. The van der Waals surface area contributed by atoms with Crippen LogP contribution in [0.15, 0.2) is 59.3 Å². The van der Waals surface area contributed by atoms with Gasteiger partial charge in [0.15, 0.2) is 18.0 Å². The highest BCUT2D eigenvalue weighted by Crippen LogP contribution is 2.53. The van der Waals surface area contributed by atoms with Gasteiger partial charge in [0, 0.05) is 48.2 Å². The number of anilines is 1. The molecule has 218 valence electrons. The molecule has 1 fully saturated rings. The minimum absolute atomic E-state index is 0.0717. The van der Waals surface area contributed by atoms with Crippen molar-refractivity contribution in [2.24, 2.45) is 0 Å². The van der Waals surface area contributed by atoms with E-state index in [1.807, 2.05) is 0 Å². The van der Waals surface area contributed by atoms with Crippen LogP contribution in [-0.2, 0) is 14.9 Å². The van der Waals surface area contributed by atoms with Gasteiger partial charge in [-0.2, -0.15) is 0 Å². The molecule has 0 bridgehead atoms. The molecule has 8 rings (SSSR count). The maximum atomic E-state index is 11.1. The molecular formula is C34H39N3O5+2. The van der Waals surface area contributed by atoms with Crippen molar-refractivity contribution >= 4 is 28.9 Å². The van der Waals surface area contributed by atoms with Gasteiger partial charge in [0.1, 0.15) is 24.9 Å². The second-order valence-electron chi connectivity index (χ2n) is 12.8. The topological polar surface area (TPSA) is 75.7 Å². The van der Waals surface area contributed by atoms with Crippen LogP contribution in [0.4, 0.5) is 17.1 Å². The number of nitrogens with one attached hydrogen (secondary N) is 1. The number of piperidine rings is 1. The number of carbonyl (C=O) groups is 1. The lowest BCUT2D eigenvalue weighted by Crippen LogP contribution is -3.11. The van der Waals surface area contributed by atoms with E-state index in [2.05, 4.69) is 65.8 Å². The smallest absolute Gasteiger partial charge is 0.379 e. The van der Waals surface area contributed by atoms with Crippen molar-refractivity contribution in [2.45, 2.75) is 70.0 Å². The number of carboxylic acid groups (broad SMARTS) is 1. The lowest BCUT2D eigenvalue weighted by Gasteiger charge is -2.42. The molecule has 0 saturated carbocycles. The summed E-state index contributed by atoms with van der Waals surface area (Å²) in [6, 6.07) is 13.2. The Balaban J connectivity index is 1.24. The quantitative estimate of drug-likeness (QED) is 0.401. The summed E-state index contributed by atoms with van der Waals surface area (Å²) in [7, 11) is 0. The molecule has 3 unspecified atom stereocenters. The number of rotatable bonds is 6. The van der Waals surface area contributed by atoms with E-state index in [0.29, 0.717) is 19.6 Å². The Kier molecular flexibility index (Phi) is 6.02. The van der Waals surface area contributed by atoms with Gasteiger partial charge in [-0.3, -0.25) is 4.79 Å². The zero-order valence-corrected chi connectivity index (χ0v) is 24.4. The fraction of sp³-hybridized carbons (Fsp3) is 0.471. The van der Waals surface area contributed by atoms with Gasteiger partial charge in [-0.1, -0.05) is 32.0 Å². The first kappa shape index (κ1) is 26.0. The third-order valence-electron chi connectivity index (χ3n) is 9.99. The summed E-state index contributed by atoms with van der Waals surface area (Å²) in [6.45, 7) is 8.60. The van der Waals surface area contributed by atoms with Gasteiger partial charge in [0.05, 0.1) is 24.8 Å². The highest BCUT2D eigenvalue weighted by atomic mass is 16.6. The highest BCUT2D eigenvalue weighted by molar-refractivity contribution is 5.95. The monoisotopic (exact) mass is 569 g/mol. The molecule has 0 radical (unpaired) electrons. The first-order chi connectivity index (χ1) is 20.4. The molecule has 6 aliphatic heterocycles. The molecule has 0 amide bonds. The summed E-state index contributed by atoms with van der Waals surface area (Å²) in [4.78, 5) is 15.0. The fourth-order valence-electron chi connectivity index (χ4n) is 8.17. The van der Waals surface area contributed by atoms with Gasteiger partial charge >= 0.3 is 11.8 Å². The third kappa shape index (κ3) is 3.88. The number of quaternary nitrogens is 1. The number of nitrogens with zero attached hydrogens (tertiary/aromatic N) is 2. The molecule has 8 heteroatoms. The standard InChI is InChI=1S/C34H37N3O5/c1-34(2)23-8-5-6-9-24(23)35-14-11-27-21(32(34)35)18-22-28(42-27)12-15-37-26-20-30-29(40-16-17-41-30)19-25(26)36(33(22)37)13-7-3-4-10-31(38)39/h5-6,8-9,18-20,27-28H,3-4,7,10-17H2,1-2H3/p+2. The zero-order valence-electron chi connectivity index (χ0n) is 24.4. The van der Waals surface area contributed by atoms with Gasteiger partial charge < -0.3 is 24.2 Å². The van der Waals surface area contributed by atoms with E-state index < -0.39 is 5.97 Å². The number of fused-ring (bicyclic) bond motifs is 10. The molecule has 2 N–H and O–H groups in total. The van der Waals surface area contributed by atoms with Crippen LogP contribution in [0.5, 0.6) is 11.5 Å². The van der Waals surface area contributed by atoms with Crippen LogP contribution in [0.1, 0.15) is 57.9 Å². The summed E-state index contributed by atoms with van der Waals surface area (Å²) in [5, 5.41) is 9.13. The van der Waals surface area contributed by atoms with E-state index in [0.717, 1.165) is 56.8 Å². The zero-order chi connectivity index (χ0) is 28.6. The van der Waals surface area contributed by atoms with Crippen LogP contribution < -0.4 is 19.3 Å². The molecular weight excluding hydrogens is 530 g/mol. The Morgan fingerprint density at radius 3 is 2.71 bits per heavy atom. The highest BCUT2D eigenvalue weighted by Gasteiger charge is 2.54. The van der Waals surface area contributed by atoms with Crippen molar-refractivity contribution in [3.63, 3.8) is 0 Å². The number of hydrogen-bond acceptors (Lipinski definition) is 5. The molecule has 3 atom stereocenters. The van der Waals surface area contributed by atoms with Crippen molar-refractivity contribution in [3.05, 3.63) is 64.9 Å². The molecule has 6 aliphatic rings. The molecule has 6 heterocycles. The normalized spacial score (nSPS) is 26.1. The van der Waals surface area contributed by atoms with Crippen LogP contribution in [0, 0.1) is 0 Å². The number of amidine groups is 1. The van der Waals surface area contributed by atoms with E-state index in [1.54, 1.807) is 0 Å². The van der Waals surface area contributed by atoms with Crippen LogP contribution in [0.25, 0.3) is 0 Å². The minimum Gasteiger partial charge on any atom is -0.486 e. The van der Waals surface area contributed by atoms with E-state index >= 15 is 0 Å². The summed E-state index contributed by atoms with van der Waals surface area (Å²) in [6.07, 6.45) is 7.34. The summed E-state index contributed by atoms with van der Waals surface area (Å²) in [5.74, 6) is 2.18. The number of carboxylic acids is 1. The second-order valence-corrected chi connectivity index (χ2v) is 12.8. The van der Waals surface area contributed by atoms with Gasteiger partial charge in [0.25, 0.3) is 5.69 Å². The number of para-hydroxylation sites is 1. The van der Waals surface area contributed by atoms with Crippen LogP contribution >= 0.6 is 0 Å². The van der Waals surface area contributed by atoms with Crippen molar-refractivity contribution in [1.82, 2.24) is 0 Å². The third-order valence-corrected chi connectivity index (χ3v) is 9.99. The number of unbranched alkanes of at least 4 members (excludes halogenated alkanes) is 2. The van der Waals surface area contributed by atoms with Crippen LogP contribution in [-0.4, -0.2) is 66.5 Å². The Labute approximate surface area is 246 Å². The predicted octanol–water partition coefficient (Wildman–Crippen LogP) is 4.23. The lowest BCUT2D eigenvalue weighted by atomic mass is 9.78. The average Bonchev–Trinajstić information content (AvgIpc) is 3.43. The first-order valence-corrected chi connectivity index (χ1v) is 15.6. The van der Waals surface area contributed by atoms with E-state index in [-0.39, 0.29) is 24.0 Å². The first-order valence-electron chi connectivity index (χ1n) is 15.6. The molecule has 8 nitrogen and oxygen atoms in total. The average molecular weight is 570 g/mol. The van der Waals surface area contributed by atoms with Crippen LogP contribution in [0.3, 0.4) is 0 Å². The molecule has 1 saturated heterocycles. The molecule has 42 heavy (non-hydrogen) atoms. The molecule has 0 aromatic heterocycles. The Morgan fingerprint density at radius 2 is 1.88 bits per heavy atom. The Bertz CT molecular complexity index is 1590. The van der Waals surface area contributed by atoms with Crippen molar-refractivity contribution in [1.29, 1.82) is 0 Å². The fourth-order valence-corrected chi connectivity index (χ4v) is 8.17. The second kappa shape index (κ2) is 9.71. The number of hydrogen-bond donors (Lipinski definition) is 2. The number of aliphatic carboxylic acids is 1. The lowest BCUT2D eigenvalue weighted by molar-refractivity contribution is -0.747. The number of benzene rings is 2. The maximum absolute atomic E-state index is 11.1. The van der Waals surface area contributed by atoms with Gasteiger partial charge in [-0.05, 0) is 37.0 Å². The predicted molar refractivity (Wildman–Crippen MR) is 159 cm³/mol. The number of allylic oxidation sites excluding steroid dienone is 1. The Morgan fingerprint density at radius 1 is 1.07 bits per heavy atom. The Hall–Kier alpha value is -3.62. The summed E-state index contributed by atoms with van der Waals surface area (Å²) in [5.41, 5.74) is 9.01. The molecule has 2 aromatic carbocycles. The van der Waals surface area contributed by atoms with Crippen molar-refractivity contribution < 1.29 is 33.6 Å². The van der Waals surface area contributed by atoms with E-state index in [4.69, 9.17) is 19.3 Å².